The Morgan fingerprint density at radius 3 is 2.76 bits per heavy atom. The van der Waals surface area contributed by atoms with Crippen molar-refractivity contribution in [1.82, 2.24) is 4.98 Å². The standard InChI is InChI=1S/C12H13F3N2/c13-12(14,15)10-7-4-8-16-11(10)17-9-5-2-1-3-6-9/h1-2,4,7-9H,3,5-6H2,(H,16,17). The van der Waals surface area contributed by atoms with Crippen LogP contribution in [0.3, 0.4) is 0 Å². The molecule has 0 aliphatic heterocycles. The predicted molar refractivity (Wildman–Crippen MR) is 59.6 cm³/mol. The second-order valence-corrected chi connectivity index (χ2v) is 4.02. The number of anilines is 1. The van der Waals surface area contributed by atoms with Gasteiger partial charge in [0.05, 0.1) is 5.56 Å². The van der Waals surface area contributed by atoms with E-state index in [1.165, 1.54) is 12.3 Å². The minimum atomic E-state index is -4.36. The van der Waals surface area contributed by atoms with Crippen molar-refractivity contribution in [3.05, 3.63) is 36.0 Å². The molecule has 0 fully saturated rings. The fourth-order valence-corrected chi connectivity index (χ4v) is 1.87. The van der Waals surface area contributed by atoms with Crippen LogP contribution in [-0.2, 0) is 6.18 Å². The van der Waals surface area contributed by atoms with Crippen LogP contribution in [0.2, 0.25) is 0 Å². The van der Waals surface area contributed by atoms with Gasteiger partial charge in [-0.25, -0.2) is 4.98 Å². The molecule has 1 N–H and O–H groups in total. The van der Waals surface area contributed by atoms with Crippen molar-refractivity contribution in [2.75, 3.05) is 5.32 Å². The van der Waals surface area contributed by atoms with Crippen LogP contribution in [0.15, 0.2) is 30.5 Å². The molecule has 2 rings (SSSR count). The van der Waals surface area contributed by atoms with E-state index >= 15 is 0 Å². The maximum Gasteiger partial charge on any atom is 0.419 e. The molecule has 5 heteroatoms. The number of pyridine rings is 1. The second-order valence-electron chi connectivity index (χ2n) is 4.02. The van der Waals surface area contributed by atoms with Crippen molar-refractivity contribution in [2.45, 2.75) is 31.5 Å². The van der Waals surface area contributed by atoms with Crippen LogP contribution in [0.5, 0.6) is 0 Å². The van der Waals surface area contributed by atoms with Crippen molar-refractivity contribution in [3.63, 3.8) is 0 Å². The highest BCUT2D eigenvalue weighted by Crippen LogP contribution is 2.34. The van der Waals surface area contributed by atoms with Gasteiger partial charge >= 0.3 is 6.18 Å². The molecule has 0 saturated carbocycles. The molecule has 0 bridgehead atoms. The summed E-state index contributed by atoms with van der Waals surface area (Å²) in [4.78, 5) is 3.78. The minimum absolute atomic E-state index is 0.0380. The van der Waals surface area contributed by atoms with Crippen LogP contribution >= 0.6 is 0 Å². The molecular formula is C12H13F3N2. The molecular weight excluding hydrogens is 229 g/mol. The van der Waals surface area contributed by atoms with Crippen molar-refractivity contribution in [3.8, 4) is 0 Å². The average molecular weight is 242 g/mol. The fourth-order valence-electron chi connectivity index (χ4n) is 1.87. The number of halogens is 3. The second kappa shape index (κ2) is 4.77. The molecule has 0 aromatic carbocycles. The molecule has 2 nitrogen and oxygen atoms in total. The van der Waals surface area contributed by atoms with Crippen molar-refractivity contribution >= 4 is 5.82 Å². The van der Waals surface area contributed by atoms with Crippen LogP contribution in [0.4, 0.5) is 19.0 Å². The number of alkyl halides is 3. The van der Waals surface area contributed by atoms with E-state index in [9.17, 15) is 13.2 Å². The van der Waals surface area contributed by atoms with Gasteiger partial charge in [0, 0.05) is 12.2 Å². The van der Waals surface area contributed by atoms with Crippen molar-refractivity contribution in [1.29, 1.82) is 0 Å². The van der Waals surface area contributed by atoms with Crippen LogP contribution in [0, 0.1) is 0 Å². The molecule has 1 atom stereocenters. The molecule has 0 radical (unpaired) electrons. The number of aromatic nitrogens is 1. The average Bonchev–Trinajstić information content (AvgIpc) is 2.30. The van der Waals surface area contributed by atoms with Crippen LogP contribution in [0.25, 0.3) is 0 Å². The summed E-state index contributed by atoms with van der Waals surface area (Å²) in [6.07, 6.45) is 3.51. The van der Waals surface area contributed by atoms with E-state index in [0.29, 0.717) is 0 Å². The molecule has 0 amide bonds. The predicted octanol–water partition coefficient (Wildman–Crippen LogP) is 3.62. The number of nitrogens with zero attached hydrogens (tertiary/aromatic N) is 1. The van der Waals surface area contributed by atoms with Crippen LogP contribution < -0.4 is 5.32 Å². The van der Waals surface area contributed by atoms with E-state index < -0.39 is 11.7 Å². The smallest absolute Gasteiger partial charge is 0.367 e. The van der Waals surface area contributed by atoms with Gasteiger partial charge in [0.2, 0.25) is 0 Å². The summed E-state index contributed by atoms with van der Waals surface area (Å²) in [5.41, 5.74) is -0.699. The number of rotatable bonds is 2. The number of hydrogen-bond donors (Lipinski definition) is 1. The van der Waals surface area contributed by atoms with Crippen molar-refractivity contribution in [2.24, 2.45) is 0 Å². The first-order valence-electron chi connectivity index (χ1n) is 5.51. The Balaban J connectivity index is 2.17. The van der Waals surface area contributed by atoms with Gasteiger partial charge in [-0.2, -0.15) is 13.2 Å². The first-order valence-corrected chi connectivity index (χ1v) is 5.51. The maximum atomic E-state index is 12.7. The molecule has 92 valence electrons. The molecule has 1 heterocycles. The molecule has 1 aromatic rings. The Labute approximate surface area is 97.6 Å². The van der Waals surface area contributed by atoms with Crippen LogP contribution in [0.1, 0.15) is 24.8 Å². The Morgan fingerprint density at radius 2 is 2.12 bits per heavy atom. The summed E-state index contributed by atoms with van der Waals surface area (Å²) in [6.45, 7) is 0. The minimum Gasteiger partial charge on any atom is -0.367 e. The van der Waals surface area contributed by atoms with E-state index in [2.05, 4.69) is 10.3 Å². The highest BCUT2D eigenvalue weighted by atomic mass is 19.4. The molecule has 1 aliphatic rings. The van der Waals surface area contributed by atoms with Gasteiger partial charge in [-0.3, -0.25) is 0 Å². The highest BCUT2D eigenvalue weighted by Gasteiger charge is 2.34. The first kappa shape index (κ1) is 12.0. The molecule has 0 spiro atoms. The maximum absolute atomic E-state index is 12.7. The third-order valence-electron chi connectivity index (χ3n) is 2.72. The van der Waals surface area contributed by atoms with E-state index in [1.54, 1.807) is 0 Å². The summed E-state index contributed by atoms with van der Waals surface area (Å²) in [5.74, 6) is -0.0692. The number of nitrogens with one attached hydrogen (secondary N) is 1. The normalized spacial score (nSPS) is 20.3. The van der Waals surface area contributed by atoms with E-state index in [4.69, 9.17) is 0 Å². The van der Waals surface area contributed by atoms with Gasteiger partial charge in [0.1, 0.15) is 5.82 Å². The number of hydrogen-bond acceptors (Lipinski definition) is 2. The topological polar surface area (TPSA) is 24.9 Å². The highest BCUT2D eigenvalue weighted by molar-refractivity contribution is 5.46. The fraction of sp³-hybridized carbons (Fsp3) is 0.417. The SMILES string of the molecule is FC(F)(F)c1cccnc1NC1CC=CCC1. The third kappa shape index (κ3) is 2.99. The number of allylic oxidation sites excluding steroid dienone is 1. The summed E-state index contributed by atoms with van der Waals surface area (Å²) < 4.78 is 38.1. The Kier molecular flexibility index (Phi) is 3.36. The monoisotopic (exact) mass is 242 g/mol. The zero-order chi connectivity index (χ0) is 12.3. The molecule has 0 saturated heterocycles. The lowest BCUT2D eigenvalue weighted by molar-refractivity contribution is -0.137. The van der Waals surface area contributed by atoms with Gasteiger partial charge in [0.15, 0.2) is 0 Å². The van der Waals surface area contributed by atoms with Gasteiger partial charge in [0.25, 0.3) is 0 Å². The van der Waals surface area contributed by atoms with Crippen molar-refractivity contribution < 1.29 is 13.2 Å². The van der Waals surface area contributed by atoms with Crippen LogP contribution in [-0.4, -0.2) is 11.0 Å². The van der Waals surface area contributed by atoms with Gasteiger partial charge in [-0.05, 0) is 31.4 Å². The summed E-state index contributed by atoms with van der Waals surface area (Å²) in [6, 6.07) is 2.39. The Hall–Kier alpha value is -1.52. The third-order valence-corrected chi connectivity index (χ3v) is 2.72. The molecule has 1 aromatic heterocycles. The Morgan fingerprint density at radius 1 is 1.29 bits per heavy atom. The van der Waals surface area contributed by atoms with E-state index in [0.717, 1.165) is 25.3 Å². The largest absolute Gasteiger partial charge is 0.419 e. The Bertz CT molecular complexity index is 412. The lowest BCUT2D eigenvalue weighted by Crippen LogP contribution is -2.23. The lowest BCUT2D eigenvalue weighted by Gasteiger charge is -2.22. The summed E-state index contributed by atoms with van der Waals surface area (Å²) in [5, 5.41) is 2.87. The molecule has 17 heavy (non-hydrogen) atoms. The summed E-state index contributed by atoms with van der Waals surface area (Å²) >= 11 is 0. The van der Waals surface area contributed by atoms with Gasteiger partial charge in [-0.1, -0.05) is 12.2 Å². The lowest BCUT2D eigenvalue weighted by atomic mass is 10.0. The molecule has 1 aliphatic carbocycles. The summed E-state index contributed by atoms with van der Waals surface area (Å²) in [7, 11) is 0. The first-order chi connectivity index (χ1) is 8.07. The van der Waals surface area contributed by atoms with Gasteiger partial charge < -0.3 is 5.32 Å². The quantitative estimate of drug-likeness (QED) is 0.801. The molecule has 1 unspecified atom stereocenters. The van der Waals surface area contributed by atoms with E-state index in [1.807, 2.05) is 12.2 Å². The van der Waals surface area contributed by atoms with E-state index in [-0.39, 0.29) is 11.9 Å². The zero-order valence-electron chi connectivity index (χ0n) is 9.17. The van der Waals surface area contributed by atoms with Gasteiger partial charge in [-0.15, -0.1) is 0 Å². The zero-order valence-corrected chi connectivity index (χ0v) is 9.17.